The fraction of sp³-hybridized carbons (Fsp3) is 0.267. The van der Waals surface area contributed by atoms with Gasteiger partial charge in [0.1, 0.15) is 11.9 Å². The highest BCUT2D eigenvalue weighted by Gasteiger charge is 2.32. The number of hydrogen-bond acceptors (Lipinski definition) is 4. The summed E-state index contributed by atoms with van der Waals surface area (Å²) in [4.78, 5) is 8.45. The highest BCUT2D eigenvalue weighted by atomic mass is 15.0. The molecule has 2 aromatic heterocycles. The third-order valence-electron chi connectivity index (χ3n) is 3.33. The normalized spacial score (nSPS) is 15.5. The molecule has 3 rings (SSSR count). The average Bonchev–Trinajstić information content (AvgIpc) is 3.31. The fourth-order valence-electron chi connectivity index (χ4n) is 2.17. The Kier molecular flexibility index (Phi) is 3.11. The quantitative estimate of drug-likeness (QED) is 0.906. The molecule has 4 heteroatoms. The maximum absolute atomic E-state index is 8.77. The molecule has 0 saturated heterocycles. The minimum Gasteiger partial charge on any atom is -0.363 e. The lowest BCUT2D eigenvalue weighted by molar-refractivity contribution is 0.672. The molecule has 1 unspecified atom stereocenters. The molecule has 94 valence electrons. The Morgan fingerprint density at radius 3 is 2.74 bits per heavy atom. The average molecular weight is 250 g/mol. The molecule has 1 aliphatic rings. The van der Waals surface area contributed by atoms with E-state index in [2.05, 4.69) is 27.4 Å². The molecular weight excluding hydrogens is 236 g/mol. The number of rotatable bonds is 4. The zero-order valence-electron chi connectivity index (χ0n) is 10.5. The molecule has 0 amide bonds. The Morgan fingerprint density at radius 2 is 2.16 bits per heavy atom. The van der Waals surface area contributed by atoms with Crippen molar-refractivity contribution in [1.29, 1.82) is 5.26 Å². The highest BCUT2D eigenvalue weighted by molar-refractivity contribution is 5.42. The van der Waals surface area contributed by atoms with E-state index >= 15 is 0 Å². The molecule has 2 aromatic rings. The summed E-state index contributed by atoms with van der Waals surface area (Å²) in [7, 11) is 0. The van der Waals surface area contributed by atoms with Gasteiger partial charge in [-0.2, -0.15) is 5.26 Å². The Morgan fingerprint density at radius 1 is 1.26 bits per heavy atom. The first-order valence-electron chi connectivity index (χ1n) is 6.39. The van der Waals surface area contributed by atoms with Gasteiger partial charge in [-0.1, -0.05) is 6.07 Å². The van der Waals surface area contributed by atoms with Crippen LogP contribution in [0.2, 0.25) is 0 Å². The molecule has 0 aromatic carbocycles. The van der Waals surface area contributed by atoms with Crippen molar-refractivity contribution < 1.29 is 0 Å². The van der Waals surface area contributed by atoms with Crippen molar-refractivity contribution in [2.75, 3.05) is 5.32 Å². The Bertz CT molecular complexity index is 582. The molecular formula is C15H14N4. The molecule has 0 bridgehead atoms. The molecule has 1 saturated carbocycles. The van der Waals surface area contributed by atoms with E-state index in [9.17, 15) is 0 Å². The number of pyridine rings is 2. The molecule has 1 aliphatic carbocycles. The first-order valence-corrected chi connectivity index (χ1v) is 6.39. The van der Waals surface area contributed by atoms with Gasteiger partial charge in [-0.3, -0.25) is 4.98 Å². The van der Waals surface area contributed by atoms with Gasteiger partial charge in [-0.15, -0.1) is 0 Å². The molecule has 1 N–H and O–H groups in total. The second-order valence-corrected chi connectivity index (χ2v) is 4.79. The molecule has 0 spiro atoms. The van der Waals surface area contributed by atoms with Crippen LogP contribution in [0.25, 0.3) is 0 Å². The van der Waals surface area contributed by atoms with Crippen molar-refractivity contribution in [3.8, 4) is 6.07 Å². The van der Waals surface area contributed by atoms with Crippen molar-refractivity contribution in [2.24, 2.45) is 5.92 Å². The van der Waals surface area contributed by atoms with Crippen LogP contribution in [0.15, 0.2) is 42.9 Å². The first-order chi connectivity index (χ1) is 9.36. The van der Waals surface area contributed by atoms with Crippen molar-refractivity contribution in [1.82, 2.24) is 9.97 Å². The number of hydrogen-bond donors (Lipinski definition) is 1. The minimum atomic E-state index is 0.258. The maximum Gasteiger partial charge on any atom is 0.126 e. The topological polar surface area (TPSA) is 61.6 Å². The summed E-state index contributed by atoms with van der Waals surface area (Å²) in [5.41, 5.74) is 1.77. The van der Waals surface area contributed by atoms with E-state index in [1.54, 1.807) is 18.5 Å². The maximum atomic E-state index is 8.77. The standard InChI is InChI=1S/C15H14N4/c16-8-11-3-6-14(18-9-11)19-15(12-4-5-12)13-2-1-7-17-10-13/h1-3,6-7,9-10,12,15H,4-5H2,(H,18,19). The van der Waals surface area contributed by atoms with Gasteiger partial charge in [0.05, 0.1) is 11.6 Å². The molecule has 1 fully saturated rings. The van der Waals surface area contributed by atoms with Crippen LogP contribution in [0.1, 0.15) is 30.0 Å². The predicted octanol–water partition coefficient (Wildman–Crippen LogP) is 2.91. The molecule has 4 nitrogen and oxygen atoms in total. The van der Waals surface area contributed by atoms with Gasteiger partial charge in [-0.25, -0.2) is 4.98 Å². The summed E-state index contributed by atoms with van der Waals surface area (Å²) in [6, 6.07) is 10.0. The van der Waals surface area contributed by atoms with Crippen molar-refractivity contribution in [2.45, 2.75) is 18.9 Å². The summed E-state index contributed by atoms with van der Waals surface area (Å²) in [6.45, 7) is 0. The lowest BCUT2D eigenvalue weighted by atomic mass is 10.0. The summed E-state index contributed by atoms with van der Waals surface area (Å²) in [5, 5.41) is 12.2. The molecule has 0 aliphatic heterocycles. The van der Waals surface area contributed by atoms with Gasteiger partial charge >= 0.3 is 0 Å². The Balaban J connectivity index is 1.80. The lowest BCUT2D eigenvalue weighted by Crippen LogP contribution is -2.14. The lowest BCUT2D eigenvalue weighted by Gasteiger charge is -2.18. The van der Waals surface area contributed by atoms with Crippen molar-refractivity contribution >= 4 is 5.82 Å². The Labute approximate surface area is 112 Å². The van der Waals surface area contributed by atoms with E-state index in [4.69, 9.17) is 5.26 Å². The largest absolute Gasteiger partial charge is 0.363 e. The summed E-state index contributed by atoms with van der Waals surface area (Å²) < 4.78 is 0. The van der Waals surface area contributed by atoms with Gasteiger partial charge in [-0.05, 0) is 42.5 Å². The summed E-state index contributed by atoms with van der Waals surface area (Å²) in [5.74, 6) is 1.46. The molecule has 0 radical (unpaired) electrons. The van der Waals surface area contributed by atoms with Crippen LogP contribution in [0, 0.1) is 17.2 Å². The van der Waals surface area contributed by atoms with Crippen LogP contribution in [0.3, 0.4) is 0 Å². The minimum absolute atomic E-state index is 0.258. The SMILES string of the molecule is N#Cc1ccc(NC(c2cccnc2)C2CC2)nc1. The van der Waals surface area contributed by atoms with Gasteiger partial charge in [0.2, 0.25) is 0 Å². The van der Waals surface area contributed by atoms with Crippen LogP contribution in [0.5, 0.6) is 0 Å². The van der Waals surface area contributed by atoms with Gasteiger partial charge in [0, 0.05) is 18.6 Å². The smallest absolute Gasteiger partial charge is 0.126 e. The van der Waals surface area contributed by atoms with E-state index < -0.39 is 0 Å². The molecule has 2 heterocycles. The fourth-order valence-corrected chi connectivity index (χ4v) is 2.17. The number of nitrogens with zero attached hydrogens (tertiary/aromatic N) is 3. The van der Waals surface area contributed by atoms with Crippen LogP contribution in [-0.2, 0) is 0 Å². The van der Waals surface area contributed by atoms with E-state index in [1.165, 1.54) is 18.4 Å². The van der Waals surface area contributed by atoms with E-state index in [-0.39, 0.29) is 6.04 Å². The molecule has 19 heavy (non-hydrogen) atoms. The Hall–Kier alpha value is -2.41. The van der Waals surface area contributed by atoms with Crippen LogP contribution >= 0.6 is 0 Å². The summed E-state index contributed by atoms with van der Waals surface area (Å²) in [6.07, 6.45) is 7.76. The van der Waals surface area contributed by atoms with Gasteiger partial charge in [0.25, 0.3) is 0 Å². The van der Waals surface area contributed by atoms with Crippen molar-refractivity contribution in [3.05, 3.63) is 54.0 Å². The van der Waals surface area contributed by atoms with E-state index in [0.29, 0.717) is 11.5 Å². The zero-order valence-corrected chi connectivity index (χ0v) is 10.5. The van der Waals surface area contributed by atoms with Crippen LogP contribution in [-0.4, -0.2) is 9.97 Å². The number of nitrogens with one attached hydrogen (secondary N) is 1. The number of nitriles is 1. The number of anilines is 1. The predicted molar refractivity (Wildman–Crippen MR) is 72.3 cm³/mol. The zero-order chi connectivity index (χ0) is 13.1. The monoisotopic (exact) mass is 250 g/mol. The third kappa shape index (κ3) is 2.71. The van der Waals surface area contributed by atoms with Crippen molar-refractivity contribution in [3.63, 3.8) is 0 Å². The van der Waals surface area contributed by atoms with Crippen LogP contribution in [0.4, 0.5) is 5.82 Å². The number of aromatic nitrogens is 2. The van der Waals surface area contributed by atoms with Gasteiger partial charge in [0.15, 0.2) is 0 Å². The van der Waals surface area contributed by atoms with E-state index in [1.807, 2.05) is 18.3 Å². The second-order valence-electron chi connectivity index (χ2n) is 4.79. The van der Waals surface area contributed by atoms with E-state index in [0.717, 1.165) is 5.82 Å². The summed E-state index contributed by atoms with van der Waals surface area (Å²) >= 11 is 0. The third-order valence-corrected chi connectivity index (χ3v) is 3.33. The second kappa shape index (κ2) is 5.07. The highest BCUT2D eigenvalue weighted by Crippen LogP contribution is 2.42. The first kappa shape index (κ1) is 11.7. The van der Waals surface area contributed by atoms with Crippen LogP contribution < -0.4 is 5.32 Å². The van der Waals surface area contributed by atoms with Gasteiger partial charge < -0.3 is 5.32 Å². The molecule has 1 atom stereocenters.